The van der Waals surface area contributed by atoms with Gasteiger partial charge in [-0.15, -0.1) is 0 Å². The number of aliphatic hydroxyl groups excluding tert-OH is 1. The molecule has 5 N–H and O–H groups in total. The third kappa shape index (κ3) is 3.99. The molecule has 0 spiro atoms. The van der Waals surface area contributed by atoms with Gasteiger partial charge in [0.15, 0.2) is 22.5 Å². The predicted molar refractivity (Wildman–Crippen MR) is 123 cm³/mol. The second-order valence-corrected chi connectivity index (χ2v) is 11.4. The van der Waals surface area contributed by atoms with Crippen LogP contribution in [0.2, 0.25) is 0 Å². The lowest BCUT2D eigenvalue weighted by molar-refractivity contribution is -0.0672. The van der Waals surface area contributed by atoms with Crippen LogP contribution in [0, 0.1) is 29.3 Å². The van der Waals surface area contributed by atoms with Crippen molar-refractivity contribution in [3.8, 4) is 0 Å². The number of aliphatic hydroxyl groups is 2. The second kappa shape index (κ2) is 8.61. The molecule has 2 aromatic heterocycles. The van der Waals surface area contributed by atoms with Crippen LogP contribution < -0.4 is 10.0 Å². The van der Waals surface area contributed by atoms with Crippen molar-refractivity contribution < 1.29 is 36.6 Å². The normalized spacial score (nSPS) is 26.0. The molecule has 1 amide bonds. The molecule has 2 aliphatic rings. The Bertz CT molecular complexity index is 1430. The summed E-state index contributed by atoms with van der Waals surface area (Å²) in [5.41, 5.74) is -1.48. The number of hydrogen-bond acceptors (Lipinski definition) is 5. The number of H-pyrrole nitrogens is 1. The molecule has 0 saturated heterocycles. The molecule has 2 saturated carbocycles. The number of halogens is 3. The fourth-order valence-electron chi connectivity index (χ4n) is 5.85. The summed E-state index contributed by atoms with van der Waals surface area (Å²) in [5.74, 6) is -5.78. The van der Waals surface area contributed by atoms with E-state index in [9.17, 15) is 36.6 Å². The summed E-state index contributed by atoms with van der Waals surface area (Å²) < 4.78 is 71.5. The average Bonchev–Trinajstić information content (AvgIpc) is 3.42. The van der Waals surface area contributed by atoms with Gasteiger partial charge in [0.25, 0.3) is 15.9 Å². The maximum atomic E-state index is 13.6. The van der Waals surface area contributed by atoms with Crippen molar-refractivity contribution in [2.75, 3.05) is 11.9 Å². The number of aromatic amines is 1. The third-order valence-electron chi connectivity index (χ3n) is 7.36. The molecule has 0 aliphatic heterocycles. The Morgan fingerprint density at radius 2 is 1.81 bits per heavy atom. The van der Waals surface area contributed by atoms with Gasteiger partial charge in [0.1, 0.15) is 5.69 Å². The number of sulfonamides is 1. The minimum atomic E-state index is -4.17. The van der Waals surface area contributed by atoms with Gasteiger partial charge in [-0.1, -0.05) is 0 Å². The molecule has 2 fully saturated rings. The fraction of sp³-hybridized carbons (Fsp3) is 0.435. The van der Waals surface area contributed by atoms with Crippen molar-refractivity contribution in [1.82, 2.24) is 14.3 Å². The zero-order valence-corrected chi connectivity index (χ0v) is 20.0. The molecule has 2 aliphatic carbocycles. The summed E-state index contributed by atoms with van der Waals surface area (Å²) in [5, 5.41) is 22.4. The Balaban J connectivity index is 1.47. The van der Waals surface area contributed by atoms with Crippen LogP contribution in [-0.2, 0) is 17.1 Å². The first-order valence-corrected chi connectivity index (χ1v) is 12.9. The molecule has 36 heavy (non-hydrogen) atoms. The number of hydrogen-bond donors (Lipinski definition) is 5. The van der Waals surface area contributed by atoms with Crippen LogP contribution >= 0.6 is 0 Å². The SMILES string of the molecule is Cn1c(C(=O)Nc2cc(F)c(F)c(F)c2)c2cc[nH]c2c1S(=O)(=O)NC1C2CCC1CC(O)(CO)C2. The molecular weight excluding hydrogens is 501 g/mol. The van der Waals surface area contributed by atoms with Gasteiger partial charge in [-0.3, -0.25) is 4.79 Å². The highest BCUT2D eigenvalue weighted by atomic mass is 32.2. The molecule has 2 unspecified atom stereocenters. The number of rotatable bonds is 6. The van der Waals surface area contributed by atoms with Crippen LogP contribution in [0.5, 0.6) is 0 Å². The van der Waals surface area contributed by atoms with Crippen molar-refractivity contribution in [3.63, 3.8) is 0 Å². The maximum Gasteiger partial charge on any atom is 0.273 e. The number of aromatic nitrogens is 2. The highest BCUT2D eigenvalue weighted by Crippen LogP contribution is 2.47. The van der Waals surface area contributed by atoms with Gasteiger partial charge >= 0.3 is 0 Å². The lowest BCUT2D eigenvalue weighted by atomic mass is 9.75. The Morgan fingerprint density at radius 1 is 1.19 bits per heavy atom. The third-order valence-corrected chi connectivity index (χ3v) is 8.93. The zero-order valence-electron chi connectivity index (χ0n) is 19.2. The molecule has 3 aromatic rings. The van der Waals surface area contributed by atoms with E-state index in [1.54, 1.807) is 0 Å². The van der Waals surface area contributed by atoms with Crippen molar-refractivity contribution in [3.05, 3.63) is 47.5 Å². The van der Waals surface area contributed by atoms with E-state index in [2.05, 4.69) is 15.0 Å². The summed E-state index contributed by atoms with van der Waals surface area (Å²) in [6, 6.07) is 2.31. The monoisotopic (exact) mass is 526 g/mol. The highest BCUT2D eigenvalue weighted by Gasteiger charge is 2.50. The zero-order chi connectivity index (χ0) is 26.0. The van der Waals surface area contributed by atoms with Gasteiger partial charge in [-0.25, -0.2) is 26.3 Å². The topological polar surface area (TPSA) is 136 Å². The Morgan fingerprint density at radius 3 is 2.39 bits per heavy atom. The largest absolute Gasteiger partial charge is 0.393 e. The summed E-state index contributed by atoms with van der Waals surface area (Å²) >= 11 is 0. The number of nitrogens with zero attached hydrogens (tertiary/aromatic N) is 1. The second-order valence-electron chi connectivity index (χ2n) is 9.72. The maximum absolute atomic E-state index is 13.6. The standard InChI is InChI=1S/C23H25F3N4O5S/c1-30-20(21(32)28-13-6-15(24)17(26)16(25)7-13)14-4-5-27-19(14)22(30)36(34,35)29-18-11-2-3-12(18)9-23(33,8-11)10-31/h4-7,11-12,18,27,29,31,33H,2-3,8-10H2,1H3,(H,28,32). The smallest absolute Gasteiger partial charge is 0.273 e. The molecule has 13 heteroatoms. The van der Waals surface area contributed by atoms with Crippen LogP contribution in [0.3, 0.4) is 0 Å². The van der Waals surface area contributed by atoms with Crippen molar-refractivity contribution in [2.45, 2.75) is 42.4 Å². The van der Waals surface area contributed by atoms with E-state index in [4.69, 9.17) is 0 Å². The fourth-order valence-corrected chi connectivity index (χ4v) is 7.59. The Labute approximate surface area is 204 Å². The minimum absolute atomic E-state index is 0.0851. The van der Waals surface area contributed by atoms with E-state index in [1.165, 1.54) is 23.9 Å². The average molecular weight is 527 g/mol. The van der Waals surface area contributed by atoms with Crippen molar-refractivity contribution >= 4 is 32.5 Å². The quantitative estimate of drug-likeness (QED) is 0.314. The van der Waals surface area contributed by atoms with Crippen LogP contribution in [-0.4, -0.2) is 52.3 Å². The molecule has 0 radical (unpaired) electrons. The van der Waals surface area contributed by atoms with E-state index in [0.717, 1.165) is 0 Å². The molecule has 2 heterocycles. The first kappa shape index (κ1) is 24.8. The number of amides is 1. The molecular formula is C23H25F3N4O5S. The van der Waals surface area contributed by atoms with Crippen LogP contribution in [0.1, 0.15) is 36.2 Å². The Hall–Kier alpha value is -2.87. The van der Waals surface area contributed by atoms with E-state index >= 15 is 0 Å². The molecule has 5 rings (SSSR count). The molecule has 194 valence electrons. The number of fused-ring (bicyclic) bond motifs is 3. The van der Waals surface area contributed by atoms with Crippen LogP contribution in [0.15, 0.2) is 29.4 Å². The van der Waals surface area contributed by atoms with Gasteiger partial charge in [0.05, 0.1) is 17.7 Å². The predicted octanol–water partition coefficient (Wildman–Crippen LogP) is 2.37. The molecule has 1 aromatic carbocycles. The van der Waals surface area contributed by atoms with Crippen LogP contribution in [0.4, 0.5) is 18.9 Å². The minimum Gasteiger partial charge on any atom is -0.393 e. The van der Waals surface area contributed by atoms with E-state index in [-0.39, 0.29) is 58.6 Å². The van der Waals surface area contributed by atoms with Gasteiger partial charge in [0, 0.05) is 42.5 Å². The summed E-state index contributed by atoms with van der Waals surface area (Å²) in [6.45, 7) is -0.388. The number of benzene rings is 1. The number of carbonyl (C=O) groups is 1. The molecule has 2 bridgehead atoms. The lowest BCUT2D eigenvalue weighted by Gasteiger charge is -2.40. The Kier molecular flexibility index (Phi) is 5.93. The van der Waals surface area contributed by atoms with E-state index in [0.29, 0.717) is 25.0 Å². The van der Waals surface area contributed by atoms with Gasteiger partial charge in [-0.05, 0) is 43.6 Å². The van der Waals surface area contributed by atoms with Gasteiger partial charge in [-0.2, -0.15) is 0 Å². The van der Waals surface area contributed by atoms with Crippen molar-refractivity contribution in [2.24, 2.45) is 18.9 Å². The lowest BCUT2D eigenvalue weighted by Crippen LogP contribution is -2.52. The highest BCUT2D eigenvalue weighted by molar-refractivity contribution is 7.89. The van der Waals surface area contributed by atoms with E-state index in [1.807, 2.05) is 0 Å². The first-order chi connectivity index (χ1) is 16.9. The first-order valence-electron chi connectivity index (χ1n) is 11.4. The number of anilines is 1. The van der Waals surface area contributed by atoms with E-state index < -0.39 is 45.0 Å². The van der Waals surface area contributed by atoms with Gasteiger partial charge in [0.2, 0.25) is 0 Å². The summed E-state index contributed by atoms with van der Waals surface area (Å²) in [6.07, 6.45) is 3.43. The van der Waals surface area contributed by atoms with Crippen LogP contribution in [0.25, 0.3) is 10.9 Å². The van der Waals surface area contributed by atoms with Crippen molar-refractivity contribution in [1.29, 1.82) is 0 Å². The number of nitrogens with one attached hydrogen (secondary N) is 3. The molecule has 2 atom stereocenters. The molecule has 9 nitrogen and oxygen atoms in total. The summed E-state index contributed by atoms with van der Waals surface area (Å²) in [4.78, 5) is 15.9. The van der Waals surface area contributed by atoms with Gasteiger partial charge < -0.3 is 25.1 Å². The number of carbonyl (C=O) groups excluding carboxylic acids is 1. The summed E-state index contributed by atoms with van der Waals surface area (Å²) in [7, 11) is -2.80.